The minimum atomic E-state index is -2.41. The van der Waals surface area contributed by atoms with Crippen LogP contribution in [-0.4, -0.2) is 37.8 Å². The maximum absolute atomic E-state index is 12.6. The van der Waals surface area contributed by atoms with Crippen LogP contribution in [0.25, 0.3) is 0 Å². The molecule has 1 amide bonds. The van der Waals surface area contributed by atoms with Crippen LogP contribution in [0.3, 0.4) is 0 Å². The molecule has 1 saturated carbocycles. The molecule has 3 unspecified atom stereocenters. The zero-order valence-corrected chi connectivity index (χ0v) is 20.1. The Morgan fingerprint density at radius 3 is 2.42 bits per heavy atom. The highest BCUT2D eigenvalue weighted by atomic mass is 31.1. The SMILES string of the molecule is COC(=O)C(C[PH](=O)OCC(NC(=O)CCc1ccccc1)C1CCCCC1)C(C)C. The number of nitrogens with one attached hydrogen (secondary N) is 1. The number of hydrogen-bond donors (Lipinski definition) is 1. The lowest BCUT2D eigenvalue weighted by Crippen LogP contribution is -2.44. The largest absolute Gasteiger partial charge is 0.469 e. The number of aryl methyl sites for hydroxylation is 1. The Morgan fingerprint density at radius 2 is 1.81 bits per heavy atom. The summed E-state index contributed by atoms with van der Waals surface area (Å²) >= 11 is 0. The van der Waals surface area contributed by atoms with Crippen LogP contribution in [0.2, 0.25) is 0 Å². The molecule has 0 spiro atoms. The van der Waals surface area contributed by atoms with Crippen molar-refractivity contribution in [3.05, 3.63) is 35.9 Å². The van der Waals surface area contributed by atoms with Crippen LogP contribution < -0.4 is 5.32 Å². The maximum atomic E-state index is 12.6. The summed E-state index contributed by atoms with van der Waals surface area (Å²) in [5, 5.41) is 3.14. The zero-order valence-electron chi connectivity index (χ0n) is 19.1. The van der Waals surface area contributed by atoms with Crippen LogP contribution in [0.5, 0.6) is 0 Å². The predicted octanol–water partition coefficient (Wildman–Crippen LogP) is 4.62. The lowest BCUT2D eigenvalue weighted by Gasteiger charge is -2.31. The van der Waals surface area contributed by atoms with E-state index in [0.29, 0.717) is 18.8 Å². The van der Waals surface area contributed by atoms with Crippen LogP contribution >= 0.6 is 8.03 Å². The Kier molecular flexibility index (Phi) is 11.3. The molecule has 1 aromatic carbocycles. The van der Waals surface area contributed by atoms with Crippen molar-refractivity contribution in [3.63, 3.8) is 0 Å². The molecule has 6 nitrogen and oxygen atoms in total. The molecule has 0 saturated heterocycles. The van der Waals surface area contributed by atoms with Gasteiger partial charge in [-0.05, 0) is 36.7 Å². The molecule has 0 heterocycles. The Hall–Kier alpha value is -1.65. The van der Waals surface area contributed by atoms with Gasteiger partial charge in [0.15, 0.2) is 8.03 Å². The number of methoxy groups -OCH3 is 1. The van der Waals surface area contributed by atoms with E-state index in [-0.39, 0.29) is 36.6 Å². The first kappa shape index (κ1) is 25.6. The molecule has 0 aliphatic heterocycles. The van der Waals surface area contributed by atoms with Crippen molar-refractivity contribution < 1.29 is 23.4 Å². The van der Waals surface area contributed by atoms with Gasteiger partial charge in [-0.25, -0.2) is 0 Å². The summed E-state index contributed by atoms with van der Waals surface area (Å²) in [5.74, 6) is -0.431. The molecule has 31 heavy (non-hydrogen) atoms. The number of carbonyl (C=O) groups is 2. The van der Waals surface area contributed by atoms with Gasteiger partial charge in [0.1, 0.15) is 0 Å². The Balaban J connectivity index is 1.90. The summed E-state index contributed by atoms with van der Waals surface area (Å²) in [6.07, 6.45) is 6.89. The van der Waals surface area contributed by atoms with Gasteiger partial charge in [0.05, 0.1) is 25.7 Å². The van der Waals surface area contributed by atoms with E-state index >= 15 is 0 Å². The molecule has 1 aliphatic rings. The normalized spacial score (nSPS) is 17.7. The van der Waals surface area contributed by atoms with Crippen molar-refractivity contribution in [3.8, 4) is 0 Å². The summed E-state index contributed by atoms with van der Waals surface area (Å²) in [5.41, 5.74) is 1.13. The summed E-state index contributed by atoms with van der Waals surface area (Å²) in [4.78, 5) is 24.6. The van der Waals surface area contributed by atoms with E-state index in [1.807, 2.05) is 44.2 Å². The van der Waals surface area contributed by atoms with Crippen molar-refractivity contribution in [2.24, 2.45) is 17.8 Å². The molecule has 174 valence electrons. The third-order valence-corrected chi connectivity index (χ3v) is 7.43. The minimum absolute atomic E-state index is 0.00249. The van der Waals surface area contributed by atoms with Crippen molar-refractivity contribution in [2.75, 3.05) is 19.9 Å². The Labute approximate surface area is 187 Å². The number of carbonyl (C=O) groups excluding carboxylic acids is 2. The second kappa shape index (κ2) is 13.7. The zero-order chi connectivity index (χ0) is 22.6. The predicted molar refractivity (Wildman–Crippen MR) is 123 cm³/mol. The topological polar surface area (TPSA) is 81.7 Å². The molecule has 3 atom stereocenters. The van der Waals surface area contributed by atoms with Gasteiger partial charge < -0.3 is 14.6 Å². The lowest BCUT2D eigenvalue weighted by molar-refractivity contribution is -0.146. The average Bonchev–Trinajstić information content (AvgIpc) is 2.79. The number of hydrogen-bond acceptors (Lipinski definition) is 5. The van der Waals surface area contributed by atoms with E-state index in [9.17, 15) is 14.2 Å². The van der Waals surface area contributed by atoms with E-state index in [0.717, 1.165) is 31.2 Å². The molecule has 1 N–H and O–H groups in total. The number of esters is 1. The maximum Gasteiger partial charge on any atom is 0.309 e. The number of amides is 1. The molecular weight excluding hydrogens is 413 g/mol. The fourth-order valence-corrected chi connectivity index (χ4v) is 5.66. The van der Waals surface area contributed by atoms with E-state index in [4.69, 9.17) is 9.26 Å². The minimum Gasteiger partial charge on any atom is -0.469 e. The molecule has 2 rings (SSSR count). The van der Waals surface area contributed by atoms with Crippen LogP contribution in [-0.2, 0) is 29.8 Å². The molecule has 7 heteroatoms. The quantitative estimate of drug-likeness (QED) is 0.370. The molecule has 0 radical (unpaired) electrons. The summed E-state index contributed by atoms with van der Waals surface area (Å²) < 4.78 is 23.2. The third kappa shape index (κ3) is 9.16. The van der Waals surface area contributed by atoms with Crippen molar-refractivity contribution >= 4 is 19.9 Å². The van der Waals surface area contributed by atoms with E-state index in [1.54, 1.807) is 0 Å². The first-order chi connectivity index (χ1) is 14.9. The molecule has 1 aliphatic carbocycles. The lowest BCUT2D eigenvalue weighted by atomic mass is 9.84. The van der Waals surface area contributed by atoms with Gasteiger partial charge in [-0.3, -0.25) is 14.2 Å². The standard InChI is InChI=1S/C24H38NO5P/c1-18(2)21(24(27)29-3)17-31(28)30-16-22(20-12-8-5-9-13-20)25-23(26)15-14-19-10-6-4-7-11-19/h4,6-7,10-11,18,20-22,31H,5,8-9,12-17H2,1-3H3,(H,25,26). The number of ether oxygens (including phenoxy) is 1. The van der Waals surface area contributed by atoms with Gasteiger partial charge in [-0.15, -0.1) is 0 Å². The van der Waals surface area contributed by atoms with Gasteiger partial charge in [0.25, 0.3) is 0 Å². The molecule has 0 aromatic heterocycles. The van der Waals surface area contributed by atoms with Gasteiger partial charge in [0, 0.05) is 12.6 Å². The second-order valence-electron chi connectivity index (χ2n) is 8.82. The summed E-state index contributed by atoms with van der Waals surface area (Å²) in [7, 11) is -1.07. The average molecular weight is 452 g/mol. The Morgan fingerprint density at radius 1 is 1.13 bits per heavy atom. The van der Waals surface area contributed by atoms with Gasteiger partial charge in [-0.2, -0.15) is 0 Å². The van der Waals surface area contributed by atoms with Crippen molar-refractivity contribution in [2.45, 2.75) is 64.8 Å². The summed E-state index contributed by atoms with van der Waals surface area (Å²) in [6.45, 7) is 4.05. The van der Waals surface area contributed by atoms with Crippen LogP contribution in [0.1, 0.15) is 57.9 Å². The summed E-state index contributed by atoms with van der Waals surface area (Å²) in [6, 6.07) is 9.81. The molecule has 0 bridgehead atoms. The van der Waals surface area contributed by atoms with E-state index in [2.05, 4.69) is 5.32 Å². The molecule has 1 aromatic rings. The van der Waals surface area contributed by atoms with E-state index in [1.165, 1.54) is 13.5 Å². The van der Waals surface area contributed by atoms with Crippen LogP contribution in [0.15, 0.2) is 30.3 Å². The highest BCUT2D eigenvalue weighted by Gasteiger charge is 2.28. The second-order valence-corrected chi connectivity index (χ2v) is 10.3. The highest BCUT2D eigenvalue weighted by Crippen LogP contribution is 2.32. The van der Waals surface area contributed by atoms with Gasteiger partial charge >= 0.3 is 5.97 Å². The number of benzene rings is 1. The first-order valence-corrected chi connectivity index (χ1v) is 13.0. The Bertz CT molecular complexity index is 703. The first-order valence-electron chi connectivity index (χ1n) is 11.5. The van der Waals surface area contributed by atoms with Crippen LogP contribution in [0.4, 0.5) is 0 Å². The van der Waals surface area contributed by atoms with Crippen LogP contribution in [0, 0.1) is 17.8 Å². The highest BCUT2D eigenvalue weighted by molar-refractivity contribution is 7.39. The van der Waals surface area contributed by atoms with Gasteiger partial charge in [-0.1, -0.05) is 63.4 Å². The van der Waals surface area contributed by atoms with Crippen molar-refractivity contribution in [1.82, 2.24) is 5.32 Å². The van der Waals surface area contributed by atoms with Gasteiger partial charge in [0.2, 0.25) is 5.91 Å². The fraction of sp³-hybridized carbons (Fsp3) is 0.667. The monoisotopic (exact) mass is 451 g/mol. The fourth-order valence-electron chi connectivity index (χ4n) is 4.18. The smallest absolute Gasteiger partial charge is 0.309 e. The molecular formula is C24H38NO5P. The van der Waals surface area contributed by atoms with E-state index < -0.39 is 13.9 Å². The number of rotatable bonds is 12. The molecule has 1 fully saturated rings. The van der Waals surface area contributed by atoms with Crippen molar-refractivity contribution in [1.29, 1.82) is 0 Å². The third-order valence-electron chi connectivity index (χ3n) is 6.17.